The van der Waals surface area contributed by atoms with Crippen molar-refractivity contribution in [2.45, 2.75) is 26.2 Å². The number of hydrogen-bond donors (Lipinski definition) is 0. The summed E-state index contributed by atoms with van der Waals surface area (Å²) in [5.41, 5.74) is 0.710. The number of esters is 1. The van der Waals surface area contributed by atoms with Gasteiger partial charge < -0.3 is 14.5 Å². The van der Waals surface area contributed by atoms with Crippen molar-refractivity contribution in [3.63, 3.8) is 0 Å². The van der Waals surface area contributed by atoms with Gasteiger partial charge in [-0.1, -0.05) is 19.1 Å². The van der Waals surface area contributed by atoms with Crippen LogP contribution >= 0.6 is 0 Å². The van der Waals surface area contributed by atoms with Gasteiger partial charge in [0.1, 0.15) is 5.82 Å². The van der Waals surface area contributed by atoms with Gasteiger partial charge in [0.2, 0.25) is 5.91 Å². The number of amides is 2. The van der Waals surface area contributed by atoms with Crippen LogP contribution in [-0.2, 0) is 25.5 Å². The van der Waals surface area contributed by atoms with Crippen LogP contribution in [0.3, 0.4) is 0 Å². The molecule has 1 aliphatic carbocycles. The minimum atomic E-state index is -0.477. The maximum Gasteiger partial charge on any atom is 0.309 e. The summed E-state index contributed by atoms with van der Waals surface area (Å²) in [6, 6.07) is 6.08. The Labute approximate surface area is 158 Å². The number of nitrogens with zero attached hydrogens (tertiary/aromatic N) is 2. The zero-order valence-corrected chi connectivity index (χ0v) is 15.5. The van der Waals surface area contributed by atoms with E-state index in [9.17, 15) is 18.8 Å². The van der Waals surface area contributed by atoms with Gasteiger partial charge in [0, 0.05) is 32.1 Å². The van der Waals surface area contributed by atoms with E-state index >= 15 is 0 Å². The lowest BCUT2D eigenvalue weighted by Crippen LogP contribution is -2.51. The highest BCUT2D eigenvalue weighted by atomic mass is 19.1. The monoisotopic (exact) mass is 376 g/mol. The SMILES string of the molecule is CC(Cc1cccc(F)c1)C(=O)OCC(=O)N1CCN(C(=O)C2CC2)CC1. The van der Waals surface area contributed by atoms with E-state index in [2.05, 4.69) is 0 Å². The molecule has 0 bridgehead atoms. The summed E-state index contributed by atoms with van der Waals surface area (Å²) >= 11 is 0. The van der Waals surface area contributed by atoms with Crippen molar-refractivity contribution in [3.8, 4) is 0 Å². The van der Waals surface area contributed by atoms with Crippen LogP contribution in [0.1, 0.15) is 25.3 Å². The summed E-state index contributed by atoms with van der Waals surface area (Å²) < 4.78 is 18.4. The molecule has 146 valence electrons. The van der Waals surface area contributed by atoms with Crippen molar-refractivity contribution in [2.75, 3.05) is 32.8 Å². The Morgan fingerprint density at radius 1 is 1.15 bits per heavy atom. The zero-order chi connectivity index (χ0) is 19.4. The van der Waals surface area contributed by atoms with Crippen LogP contribution < -0.4 is 0 Å². The lowest BCUT2D eigenvalue weighted by atomic mass is 10.0. The van der Waals surface area contributed by atoms with Crippen molar-refractivity contribution in [1.29, 1.82) is 0 Å². The molecule has 1 aromatic carbocycles. The third-order valence-electron chi connectivity index (χ3n) is 5.04. The van der Waals surface area contributed by atoms with Crippen LogP contribution in [0, 0.1) is 17.7 Å². The second-order valence-electron chi connectivity index (χ2n) is 7.32. The van der Waals surface area contributed by atoms with Crippen molar-refractivity contribution in [2.24, 2.45) is 11.8 Å². The summed E-state index contributed by atoms with van der Waals surface area (Å²) in [4.78, 5) is 39.8. The Bertz CT molecular complexity index is 712. The lowest BCUT2D eigenvalue weighted by molar-refractivity contribution is -0.156. The third kappa shape index (κ3) is 5.28. The van der Waals surface area contributed by atoms with Crippen molar-refractivity contribution in [3.05, 3.63) is 35.6 Å². The molecule has 2 aliphatic rings. The van der Waals surface area contributed by atoms with Gasteiger partial charge in [0.05, 0.1) is 5.92 Å². The predicted octanol–water partition coefficient (Wildman–Crippen LogP) is 1.63. The Morgan fingerprint density at radius 3 is 2.44 bits per heavy atom. The van der Waals surface area contributed by atoms with Crippen LogP contribution in [0.15, 0.2) is 24.3 Å². The smallest absolute Gasteiger partial charge is 0.309 e. The molecule has 0 N–H and O–H groups in total. The minimum Gasteiger partial charge on any atom is -0.455 e. The van der Waals surface area contributed by atoms with E-state index in [0.717, 1.165) is 12.8 Å². The summed E-state index contributed by atoms with van der Waals surface area (Å²) in [5, 5.41) is 0. The molecular weight excluding hydrogens is 351 g/mol. The molecule has 0 aromatic heterocycles. The van der Waals surface area contributed by atoms with Gasteiger partial charge in [-0.2, -0.15) is 0 Å². The molecule has 2 amide bonds. The molecule has 1 unspecified atom stereocenters. The average Bonchev–Trinajstić information content (AvgIpc) is 3.50. The van der Waals surface area contributed by atoms with E-state index in [1.807, 2.05) is 4.90 Å². The number of rotatable bonds is 6. The fraction of sp³-hybridized carbons (Fsp3) is 0.550. The molecule has 1 aliphatic heterocycles. The molecule has 6 nitrogen and oxygen atoms in total. The normalized spacial score (nSPS) is 18.1. The van der Waals surface area contributed by atoms with Crippen molar-refractivity contribution in [1.82, 2.24) is 9.80 Å². The first kappa shape index (κ1) is 19.3. The standard InChI is InChI=1S/C20H25FN2O4/c1-14(11-15-3-2-4-17(21)12-15)20(26)27-13-18(24)22-7-9-23(10-8-22)19(25)16-5-6-16/h2-4,12,14,16H,5-11,13H2,1H3. The molecule has 3 rings (SSSR count). The highest BCUT2D eigenvalue weighted by Gasteiger charge is 2.35. The van der Waals surface area contributed by atoms with E-state index in [4.69, 9.17) is 4.74 Å². The van der Waals surface area contributed by atoms with Gasteiger partial charge in [-0.15, -0.1) is 0 Å². The Balaban J connectivity index is 1.39. The lowest BCUT2D eigenvalue weighted by Gasteiger charge is -2.34. The molecule has 7 heteroatoms. The van der Waals surface area contributed by atoms with E-state index in [0.29, 0.717) is 38.2 Å². The highest BCUT2D eigenvalue weighted by Crippen LogP contribution is 2.31. The van der Waals surface area contributed by atoms with Gasteiger partial charge in [-0.05, 0) is 37.0 Å². The van der Waals surface area contributed by atoms with Gasteiger partial charge in [0.25, 0.3) is 5.91 Å². The van der Waals surface area contributed by atoms with E-state index in [1.54, 1.807) is 24.0 Å². The Kier molecular flexibility index (Phi) is 6.08. The summed E-state index contributed by atoms with van der Waals surface area (Å²) in [7, 11) is 0. The van der Waals surface area contributed by atoms with Gasteiger partial charge in [0.15, 0.2) is 6.61 Å². The molecule has 1 saturated carbocycles. The first-order chi connectivity index (χ1) is 12.9. The summed E-state index contributed by atoms with van der Waals surface area (Å²) in [6.45, 7) is 3.39. The maximum absolute atomic E-state index is 13.2. The molecule has 1 atom stereocenters. The Hall–Kier alpha value is -2.44. The van der Waals surface area contributed by atoms with Gasteiger partial charge in [-0.3, -0.25) is 14.4 Å². The number of halogens is 1. The van der Waals surface area contributed by atoms with E-state index < -0.39 is 11.9 Å². The number of carbonyl (C=O) groups excluding carboxylic acids is 3. The Morgan fingerprint density at radius 2 is 1.81 bits per heavy atom. The molecule has 0 spiro atoms. The van der Waals surface area contributed by atoms with Crippen LogP contribution in [0.25, 0.3) is 0 Å². The van der Waals surface area contributed by atoms with Crippen LogP contribution in [-0.4, -0.2) is 60.4 Å². The third-order valence-corrected chi connectivity index (χ3v) is 5.04. The van der Waals surface area contributed by atoms with E-state index in [1.165, 1.54) is 12.1 Å². The van der Waals surface area contributed by atoms with Gasteiger partial charge >= 0.3 is 5.97 Å². The number of carbonyl (C=O) groups is 3. The predicted molar refractivity (Wildman–Crippen MR) is 96.1 cm³/mol. The second kappa shape index (κ2) is 8.50. The molecule has 2 fully saturated rings. The fourth-order valence-corrected chi connectivity index (χ4v) is 3.23. The maximum atomic E-state index is 13.2. The molecule has 1 aromatic rings. The number of piperazine rings is 1. The molecule has 27 heavy (non-hydrogen) atoms. The van der Waals surface area contributed by atoms with E-state index in [-0.39, 0.29) is 30.2 Å². The zero-order valence-electron chi connectivity index (χ0n) is 15.5. The van der Waals surface area contributed by atoms with Gasteiger partial charge in [-0.25, -0.2) is 4.39 Å². The average molecular weight is 376 g/mol. The second-order valence-corrected chi connectivity index (χ2v) is 7.32. The summed E-state index contributed by atoms with van der Waals surface area (Å²) in [5.74, 6) is -1.15. The van der Waals surface area contributed by atoms with Crippen LogP contribution in [0.4, 0.5) is 4.39 Å². The number of ether oxygens (including phenoxy) is 1. The molecule has 0 radical (unpaired) electrons. The number of benzene rings is 1. The minimum absolute atomic E-state index is 0.188. The topological polar surface area (TPSA) is 66.9 Å². The molecule has 1 saturated heterocycles. The highest BCUT2D eigenvalue weighted by molar-refractivity contribution is 5.83. The largest absolute Gasteiger partial charge is 0.455 e. The molecular formula is C20H25FN2O4. The van der Waals surface area contributed by atoms with Crippen LogP contribution in [0.2, 0.25) is 0 Å². The summed E-state index contributed by atoms with van der Waals surface area (Å²) in [6.07, 6.45) is 2.30. The quantitative estimate of drug-likeness (QED) is 0.708. The molecule has 1 heterocycles. The first-order valence-corrected chi connectivity index (χ1v) is 9.41. The first-order valence-electron chi connectivity index (χ1n) is 9.41. The number of hydrogen-bond acceptors (Lipinski definition) is 4. The van der Waals surface area contributed by atoms with Crippen molar-refractivity contribution < 1.29 is 23.5 Å². The van der Waals surface area contributed by atoms with Crippen molar-refractivity contribution >= 4 is 17.8 Å². The van der Waals surface area contributed by atoms with Crippen LogP contribution in [0.5, 0.6) is 0 Å². The fourth-order valence-electron chi connectivity index (χ4n) is 3.23.